The molecule has 0 aliphatic rings. The van der Waals surface area contributed by atoms with E-state index >= 15 is 0 Å². The zero-order chi connectivity index (χ0) is 9.42. The molecule has 1 aromatic carbocycles. The van der Waals surface area contributed by atoms with Crippen LogP contribution in [0.15, 0.2) is 28.9 Å². The average Bonchev–Trinajstić information content (AvgIpc) is 2.46. The molecule has 1 aromatic heterocycles. The number of fused-ring (bicyclic) bond motifs is 1. The zero-order valence-electron chi connectivity index (χ0n) is 6.35. The first-order valence-electron chi connectivity index (χ1n) is 3.46. The van der Waals surface area contributed by atoms with Gasteiger partial charge < -0.3 is 10.1 Å². The number of nitro groups is 1. The molecule has 0 fully saturated rings. The maximum Gasteiger partial charge on any atom is 0.175 e. The second-order valence-corrected chi connectivity index (χ2v) is 3.39. The van der Waals surface area contributed by atoms with E-state index in [-0.39, 0.29) is 0 Å². The van der Waals surface area contributed by atoms with Crippen LogP contribution in [-0.2, 0) is 0 Å². The quantitative estimate of drug-likeness (QED) is 0.566. The number of hydrogen-bond acceptors (Lipinski definition) is 3. The van der Waals surface area contributed by atoms with Gasteiger partial charge in [-0.2, -0.15) is 0 Å². The van der Waals surface area contributed by atoms with Crippen LogP contribution in [0.25, 0.3) is 10.9 Å². The minimum atomic E-state index is -0.559. The van der Waals surface area contributed by atoms with Crippen molar-refractivity contribution >= 4 is 26.8 Å². The Bertz CT molecular complexity index is 480. The molecule has 1 heterocycles. The van der Waals surface area contributed by atoms with Crippen LogP contribution in [0, 0.1) is 10.1 Å². The van der Waals surface area contributed by atoms with Gasteiger partial charge in [0.1, 0.15) is 5.52 Å². The second-order valence-electron chi connectivity index (χ2n) is 2.47. The van der Waals surface area contributed by atoms with Crippen molar-refractivity contribution in [1.82, 2.24) is 9.89 Å². The Labute approximate surface area is 81.2 Å². The molecule has 2 aromatic rings. The summed E-state index contributed by atoms with van der Waals surface area (Å²) < 4.78 is 0.878. The van der Waals surface area contributed by atoms with Crippen LogP contribution in [0.2, 0.25) is 0 Å². The molecule has 13 heavy (non-hydrogen) atoms. The third-order valence-corrected chi connectivity index (χ3v) is 2.16. The lowest BCUT2D eigenvalue weighted by Crippen LogP contribution is -2.09. The van der Waals surface area contributed by atoms with Gasteiger partial charge >= 0.3 is 0 Å². The molecule has 0 spiro atoms. The van der Waals surface area contributed by atoms with Crippen molar-refractivity contribution < 1.29 is 5.03 Å². The summed E-state index contributed by atoms with van der Waals surface area (Å²) in [6.07, 6.45) is 1.46. The number of aromatic nitrogens is 2. The summed E-state index contributed by atoms with van der Waals surface area (Å²) >= 11 is 3.27. The van der Waals surface area contributed by atoms with E-state index in [2.05, 4.69) is 21.0 Å². The summed E-state index contributed by atoms with van der Waals surface area (Å²) in [5.74, 6) is 0. The van der Waals surface area contributed by atoms with Crippen molar-refractivity contribution in [2.75, 3.05) is 0 Å². The van der Waals surface area contributed by atoms with Crippen molar-refractivity contribution in [3.63, 3.8) is 0 Å². The summed E-state index contributed by atoms with van der Waals surface area (Å²) in [4.78, 5) is 11.2. The van der Waals surface area contributed by atoms with Crippen LogP contribution in [0.3, 0.4) is 0 Å². The van der Waals surface area contributed by atoms with E-state index < -0.39 is 5.03 Å². The predicted octanol–water partition coefficient (Wildman–Crippen LogP) is 1.84. The fraction of sp³-hybridized carbons (Fsp3) is 0. The van der Waals surface area contributed by atoms with Gasteiger partial charge in [-0.25, -0.2) is 0 Å². The highest BCUT2D eigenvalue weighted by Crippen LogP contribution is 2.18. The van der Waals surface area contributed by atoms with E-state index in [9.17, 15) is 10.1 Å². The summed E-state index contributed by atoms with van der Waals surface area (Å²) in [6, 6.07) is 5.17. The SMILES string of the molecule is O=[N+]([O-])n1ncc2cc(Br)ccc21. The van der Waals surface area contributed by atoms with Crippen molar-refractivity contribution in [2.24, 2.45) is 0 Å². The normalized spacial score (nSPS) is 10.5. The Morgan fingerprint density at radius 1 is 1.54 bits per heavy atom. The molecule has 0 N–H and O–H groups in total. The topological polar surface area (TPSA) is 61.0 Å². The summed E-state index contributed by atoms with van der Waals surface area (Å²) in [7, 11) is 0. The Morgan fingerprint density at radius 3 is 3.00 bits per heavy atom. The molecule has 5 nitrogen and oxygen atoms in total. The Balaban J connectivity index is 2.76. The monoisotopic (exact) mass is 241 g/mol. The molecule has 0 bridgehead atoms. The van der Waals surface area contributed by atoms with Crippen LogP contribution in [-0.4, -0.2) is 14.9 Å². The molecular formula is C7H4BrN3O2. The zero-order valence-corrected chi connectivity index (χ0v) is 7.93. The van der Waals surface area contributed by atoms with Gasteiger partial charge in [0.2, 0.25) is 0 Å². The first kappa shape index (κ1) is 8.18. The maximum absolute atomic E-state index is 10.5. The minimum Gasteiger partial charge on any atom is -0.339 e. The van der Waals surface area contributed by atoms with Gasteiger partial charge in [-0.3, -0.25) is 0 Å². The first-order chi connectivity index (χ1) is 6.18. The van der Waals surface area contributed by atoms with Crippen molar-refractivity contribution in [3.8, 4) is 0 Å². The smallest absolute Gasteiger partial charge is 0.175 e. The molecule has 0 aliphatic heterocycles. The Hall–Kier alpha value is -1.43. The molecular weight excluding hydrogens is 238 g/mol. The molecule has 2 rings (SSSR count). The van der Waals surface area contributed by atoms with Crippen molar-refractivity contribution in [3.05, 3.63) is 39.0 Å². The van der Waals surface area contributed by atoms with E-state index in [1.807, 2.05) is 0 Å². The van der Waals surface area contributed by atoms with Crippen molar-refractivity contribution in [1.29, 1.82) is 0 Å². The fourth-order valence-corrected chi connectivity index (χ4v) is 1.50. The molecule has 0 atom stereocenters. The summed E-state index contributed by atoms with van der Waals surface area (Å²) in [6.45, 7) is 0. The molecule has 0 radical (unpaired) electrons. The van der Waals surface area contributed by atoms with Gasteiger partial charge in [0.05, 0.1) is 10.4 Å². The molecule has 6 heteroatoms. The minimum absolute atomic E-state index is 0.494. The first-order valence-corrected chi connectivity index (χ1v) is 4.26. The highest BCUT2D eigenvalue weighted by Gasteiger charge is 2.10. The second kappa shape index (κ2) is 2.81. The lowest BCUT2D eigenvalue weighted by atomic mass is 10.3. The lowest BCUT2D eigenvalue weighted by Gasteiger charge is -1.93. The highest BCUT2D eigenvalue weighted by molar-refractivity contribution is 9.10. The summed E-state index contributed by atoms with van der Waals surface area (Å²) in [5.41, 5.74) is 0.494. The van der Waals surface area contributed by atoms with Crippen LogP contribution in [0.1, 0.15) is 0 Å². The van der Waals surface area contributed by atoms with Crippen LogP contribution >= 0.6 is 15.9 Å². The van der Waals surface area contributed by atoms with E-state index in [4.69, 9.17) is 0 Å². The molecule has 0 saturated carbocycles. The van der Waals surface area contributed by atoms with Crippen LogP contribution < -0.4 is 0 Å². The van der Waals surface area contributed by atoms with E-state index in [0.29, 0.717) is 5.52 Å². The number of nitrogens with zero attached hydrogens (tertiary/aromatic N) is 3. The Morgan fingerprint density at radius 2 is 2.31 bits per heavy atom. The van der Waals surface area contributed by atoms with Crippen LogP contribution in [0.5, 0.6) is 0 Å². The standard InChI is InChI=1S/C7H4BrN3O2/c8-6-1-2-7-5(3-6)4-9-10(7)11(12)13/h1-4H. The average molecular weight is 242 g/mol. The van der Waals surface area contributed by atoms with Crippen molar-refractivity contribution in [2.45, 2.75) is 0 Å². The number of halogens is 1. The van der Waals surface area contributed by atoms with E-state index in [1.165, 1.54) is 6.20 Å². The summed E-state index contributed by atoms with van der Waals surface area (Å²) in [5, 5.41) is 14.3. The van der Waals surface area contributed by atoms with Gasteiger partial charge in [0.15, 0.2) is 6.20 Å². The molecule has 0 aliphatic carbocycles. The van der Waals surface area contributed by atoms with Gasteiger partial charge in [-0.15, -0.1) is 0 Å². The molecule has 0 unspecified atom stereocenters. The largest absolute Gasteiger partial charge is 0.339 e. The van der Waals surface area contributed by atoms with Gasteiger partial charge in [0, 0.05) is 14.4 Å². The lowest BCUT2D eigenvalue weighted by molar-refractivity contribution is -0.548. The Kier molecular flexibility index (Phi) is 1.77. The predicted molar refractivity (Wildman–Crippen MR) is 49.8 cm³/mol. The molecule has 0 amide bonds. The third kappa shape index (κ3) is 1.29. The van der Waals surface area contributed by atoms with E-state index in [0.717, 1.165) is 14.6 Å². The van der Waals surface area contributed by atoms with Gasteiger partial charge in [-0.1, -0.05) is 15.9 Å². The number of hydrogen-bond donors (Lipinski definition) is 0. The fourth-order valence-electron chi connectivity index (χ4n) is 1.12. The van der Waals surface area contributed by atoms with Gasteiger partial charge in [0.25, 0.3) is 0 Å². The van der Waals surface area contributed by atoms with E-state index in [1.54, 1.807) is 18.2 Å². The van der Waals surface area contributed by atoms with Gasteiger partial charge in [-0.05, 0) is 18.2 Å². The highest BCUT2D eigenvalue weighted by atomic mass is 79.9. The van der Waals surface area contributed by atoms with Crippen LogP contribution in [0.4, 0.5) is 0 Å². The number of rotatable bonds is 1. The third-order valence-electron chi connectivity index (χ3n) is 1.67. The molecule has 66 valence electrons. The molecule has 0 saturated heterocycles. The maximum atomic E-state index is 10.5. The number of benzene rings is 1.